The number of furan rings is 1. The Kier molecular flexibility index (Phi) is 3.23. The standard InChI is InChI=1S/C15H20O2/c1-11-9-17-10-13(11)7-15(3)12(2)5-4-6-14(15)8-16/h6,8-10,12H,4-5,7H2,1-3H3/t12-,15+/m0/s1. The molecule has 0 N–H and O–H groups in total. The lowest BCUT2D eigenvalue weighted by molar-refractivity contribution is -0.106. The van der Waals surface area contributed by atoms with E-state index in [0.717, 1.165) is 31.1 Å². The SMILES string of the molecule is Cc1cocc1C[C@@]1(C)C(C=O)=CCC[C@@H]1C. The second-order valence-electron chi connectivity index (χ2n) is 5.43. The third-order valence-corrected chi connectivity index (χ3v) is 4.36. The van der Waals surface area contributed by atoms with E-state index in [4.69, 9.17) is 4.42 Å². The van der Waals surface area contributed by atoms with Crippen molar-refractivity contribution < 1.29 is 9.21 Å². The maximum atomic E-state index is 11.2. The van der Waals surface area contributed by atoms with Crippen LogP contribution >= 0.6 is 0 Å². The van der Waals surface area contributed by atoms with E-state index in [1.807, 2.05) is 6.26 Å². The topological polar surface area (TPSA) is 30.2 Å². The van der Waals surface area contributed by atoms with E-state index >= 15 is 0 Å². The van der Waals surface area contributed by atoms with Crippen LogP contribution in [0.5, 0.6) is 0 Å². The molecule has 0 fully saturated rings. The van der Waals surface area contributed by atoms with Gasteiger partial charge in [0.05, 0.1) is 12.5 Å². The second kappa shape index (κ2) is 4.52. The fourth-order valence-corrected chi connectivity index (χ4v) is 2.75. The van der Waals surface area contributed by atoms with E-state index < -0.39 is 0 Å². The maximum absolute atomic E-state index is 11.2. The van der Waals surface area contributed by atoms with Crippen molar-refractivity contribution in [2.45, 2.75) is 40.0 Å². The van der Waals surface area contributed by atoms with Crippen molar-refractivity contribution >= 4 is 6.29 Å². The van der Waals surface area contributed by atoms with E-state index in [-0.39, 0.29) is 5.41 Å². The van der Waals surface area contributed by atoms with Gasteiger partial charge in [-0.15, -0.1) is 0 Å². The molecule has 2 atom stereocenters. The first kappa shape index (κ1) is 12.2. The molecule has 1 aromatic heterocycles. The van der Waals surface area contributed by atoms with E-state index in [1.54, 1.807) is 6.26 Å². The fourth-order valence-electron chi connectivity index (χ4n) is 2.75. The summed E-state index contributed by atoms with van der Waals surface area (Å²) < 4.78 is 5.23. The molecule has 0 unspecified atom stereocenters. The highest BCUT2D eigenvalue weighted by molar-refractivity contribution is 5.76. The van der Waals surface area contributed by atoms with Crippen LogP contribution in [0.3, 0.4) is 0 Å². The molecule has 0 aromatic carbocycles. The number of hydrogen-bond donors (Lipinski definition) is 0. The van der Waals surface area contributed by atoms with Crippen molar-refractivity contribution in [1.29, 1.82) is 0 Å². The number of allylic oxidation sites excluding steroid dienone is 2. The summed E-state index contributed by atoms with van der Waals surface area (Å²) in [6, 6.07) is 0. The normalized spacial score (nSPS) is 28.9. The molecule has 0 aliphatic heterocycles. The van der Waals surface area contributed by atoms with E-state index in [9.17, 15) is 4.79 Å². The zero-order valence-electron chi connectivity index (χ0n) is 10.8. The van der Waals surface area contributed by atoms with Crippen LogP contribution in [-0.2, 0) is 11.2 Å². The lowest BCUT2D eigenvalue weighted by atomic mass is 9.64. The zero-order valence-corrected chi connectivity index (χ0v) is 10.8. The quantitative estimate of drug-likeness (QED) is 0.744. The number of carbonyl (C=O) groups excluding carboxylic acids is 1. The summed E-state index contributed by atoms with van der Waals surface area (Å²) in [6.45, 7) is 6.50. The van der Waals surface area contributed by atoms with Crippen LogP contribution in [0, 0.1) is 18.3 Å². The molecule has 1 aliphatic carbocycles. The summed E-state index contributed by atoms with van der Waals surface area (Å²) in [7, 11) is 0. The minimum Gasteiger partial charge on any atom is -0.472 e. The van der Waals surface area contributed by atoms with Crippen molar-refractivity contribution in [3.05, 3.63) is 35.3 Å². The average molecular weight is 232 g/mol. The summed E-state index contributed by atoms with van der Waals surface area (Å²) >= 11 is 0. The Hall–Kier alpha value is -1.31. The molecule has 2 nitrogen and oxygen atoms in total. The molecule has 0 amide bonds. The Bertz CT molecular complexity index is 442. The lowest BCUT2D eigenvalue weighted by Crippen LogP contribution is -2.33. The largest absolute Gasteiger partial charge is 0.472 e. The summed E-state index contributed by atoms with van der Waals surface area (Å²) in [5, 5.41) is 0. The predicted molar refractivity (Wildman–Crippen MR) is 67.8 cm³/mol. The molecule has 0 spiro atoms. The van der Waals surface area contributed by atoms with Gasteiger partial charge in [-0.05, 0) is 48.8 Å². The van der Waals surface area contributed by atoms with Crippen LogP contribution < -0.4 is 0 Å². The molecule has 1 aromatic rings. The zero-order chi connectivity index (χ0) is 12.5. The highest BCUT2D eigenvalue weighted by Gasteiger charge is 2.37. The monoisotopic (exact) mass is 232 g/mol. The van der Waals surface area contributed by atoms with Gasteiger partial charge in [0.1, 0.15) is 6.29 Å². The van der Waals surface area contributed by atoms with Gasteiger partial charge in [0.25, 0.3) is 0 Å². The van der Waals surface area contributed by atoms with Crippen LogP contribution in [0.4, 0.5) is 0 Å². The first-order valence-electron chi connectivity index (χ1n) is 6.25. The van der Waals surface area contributed by atoms with Gasteiger partial charge in [-0.1, -0.05) is 19.9 Å². The van der Waals surface area contributed by atoms with Gasteiger partial charge in [-0.3, -0.25) is 4.79 Å². The maximum Gasteiger partial charge on any atom is 0.146 e. The van der Waals surface area contributed by atoms with Crippen molar-refractivity contribution in [3.63, 3.8) is 0 Å². The Labute approximate surface area is 103 Å². The first-order chi connectivity index (χ1) is 8.08. The number of rotatable bonds is 3. The molecule has 0 saturated heterocycles. The van der Waals surface area contributed by atoms with Gasteiger partial charge in [-0.25, -0.2) is 0 Å². The van der Waals surface area contributed by atoms with Crippen molar-refractivity contribution in [3.8, 4) is 0 Å². The van der Waals surface area contributed by atoms with Crippen LogP contribution in [-0.4, -0.2) is 6.29 Å². The fraction of sp³-hybridized carbons (Fsp3) is 0.533. The van der Waals surface area contributed by atoms with Crippen molar-refractivity contribution in [2.24, 2.45) is 11.3 Å². The Morgan fingerprint density at radius 3 is 2.88 bits per heavy atom. The van der Waals surface area contributed by atoms with Gasteiger partial charge in [-0.2, -0.15) is 0 Å². The molecule has 0 radical (unpaired) electrons. The number of aldehydes is 1. The molecular formula is C15H20O2. The minimum absolute atomic E-state index is 0.0470. The summed E-state index contributed by atoms with van der Waals surface area (Å²) in [6.07, 6.45) is 9.79. The third kappa shape index (κ3) is 2.08. The van der Waals surface area contributed by atoms with E-state index in [1.165, 1.54) is 11.1 Å². The molecule has 2 rings (SSSR count). The van der Waals surface area contributed by atoms with Crippen LogP contribution in [0.15, 0.2) is 28.6 Å². The van der Waals surface area contributed by atoms with E-state index in [2.05, 4.69) is 26.8 Å². The highest BCUT2D eigenvalue weighted by atomic mass is 16.3. The van der Waals surface area contributed by atoms with Gasteiger partial charge in [0, 0.05) is 5.41 Å². The van der Waals surface area contributed by atoms with Gasteiger partial charge in [0.15, 0.2) is 0 Å². The molecule has 1 heterocycles. The molecular weight excluding hydrogens is 212 g/mol. The minimum atomic E-state index is -0.0470. The molecule has 1 aliphatic rings. The summed E-state index contributed by atoms with van der Waals surface area (Å²) in [5.74, 6) is 0.530. The van der Waals surface area contributed by atoms with Gasteiger partial charge >= 0.3 is 0 Å². The number of aryl methyl sites for hydroxylation is 1. The molecule has 0 saturated carbocycles. The third-order valence-electron chi connectivity index (χ3n) is 4.36. The van der Waals surface area contributed by atoms with Crippen molar-refractivity contribution in [1.82, 2.24) is 0 Å². The molecule has 17 heavy (non-hydrogen) atoms. The smallest absolute Gasteiger partial charge is 0.146 e. The number of hydrogen-bond acceptors (Lipinski definition) is 2. The summed E-state index contributed by atoms with van der Waals surface area (Å²) in [4.78, 5) is 11.2. The molecule has 2 heteroatoms. The van der Waals surface area contributed by atoms with Crippen molar-refractivity contribution in [2.75, 3.05) is 0 Å². The second-order valence-corrected chi connectivity index (χ2v) is 5.43. The average Bonchev–Trinajstić information content (AvgIpc) is 2.68. The predicted octanol–water partition coefficient (Wildman–Crippen LogP) is 3.69. The van der Waals surface area contributed by atoms with Crippen LogP contribution in [0.2, 0.25) is 0 Å². The summed E-state index contributed by atoms with van der Waals surface area (Å²) in [5.41, 5.74) is 3.30. The van der Waals surface area contributed by atoms with Crippen LogP contribution in [0.1, 0.15) is 37.8 Å². The van der Waals surface area contributed by atoms with Gasteiger partial charge < -0.3 is 4.42 Å². The molecule has 92 valence electrons. The number of carbonyl (C=O) groups is 1. The Morgan fingerprint density at radius 2 is 2.29 bits per heavy atom. The van der Waals surface area contributed by atoms with Gasteiger partial charge in [0.2, 0.25) is 0 Å². The van der Waals surface area contributed by atoms with E-state index in [0.29, 0.717) is 5.92 Å². The first-order valence-corrected chi connectivity index (χ1v) is 6.25. The lowest BCUT2D eigenvalue weighted by Gasteiger charge is -2.39. The molecule has 0 bridgehead atoms. The Morgan fingerprint density at radius 1 is 1.53 bits per heavy atom. The highest BCUT2D eigenvalue weighted by Crippen LogP contribution is 2.44. The Balaban J connectivity index is 2.32. The van der Waals surface area contributed by atoms with Crippen LogP contribution in [0.25, 0.3) is 0 Å².